The van der Waals surface area contributed by atoms with Crippen molar-refractivity contribution in [2.45, 2.75) is 432 Å². The van der Waals surface area contributed by atoms with Gasteiger partial charge in [0, 0.05) is 19.3 Å². The summed E-state index contributed by atoms with van der Waals surface area (Å²) in [6, 6.07) is -3.59. The zero-order valence-electron chi connectivity index (χ0n) is 65.7. The monoisotopic (exact) mass is 1480 g/mol. The number of hydrogen-bond acceptors (Lipinski definition) is 17. The number of aliphatic hydroxyl groups excluding tert-OH is 1. The van der Waals surface area contributed by atoms with Gasteiger partial charge in [-0.15, -0.1) is 0 Å². The van der Waals surface area contributed by atoms with Crippen molar-refractivity contribution in [2.75, 3.05) is 32.8 Å². The highest BCUT2D eigenvalue weighted by molar-refractivity contribution is 7.46. The van der Waals surface area contributed by atoms with Crippen LogP contribution < -0.4 is 10.6 Å². The second-order valence-corrected chi connectivity index (χ2v) is 29.5. The maximum absolute atomic E-state index is 14.7. The molecule has 0 spiro atoms. The molecular formula is C79H150N3O19P. The van der Waals surface area contributed by atoms with Gasteiger partial charge in [-0.1, -0.05) is 281 Å². The highest BCUT2D eigenvalue weighted by Crippen LogP contribution is 2.42. The largest absolute Gasteiger partial charge is 0.480 e. The quantitative estimate of drug-likeness (QED) is 0.0143. The molecule has 23 heteroatoms. The highest BCUT2D eigenvalue weighted by atomic mass is 31.2. The van der Waals surface area contributed by atoms with E-state index in [0.717, 1.165) is 173 Å². The number of carbonyl (C=O) groups excluding carboxylic acids is 6. The minimum atomic E-state index is -5.55. The van der Waals surface area contributed by atoms with Crippen molar-refractivity contribution in [2.24, 2.45) is 0 Å². The van der Waals surface area contributed by atoms with Gasteiger partial charge in [-0.25, -0.2) is 9.36 Å². The number of esters is 4. The molecule has 600 valence electrons. The number of hydrogen-bond donors (Lipinski definition) is 6. The molecule has 1 saturated heterocycles. The maximum Gasteiger partial charge on any atom is 0.470 e. The summed E-state index contributed by atoms with van der Waals surface area (Å²) in [5, 5.41) is 26.7. The number of phosphoric ester groups is 1. The molecule has 0 aromatic heterocycles. The number of aliphatic hydroxyl groups is 1. The number of carboxylic acids is 1. The first kappa shape index (κ1) is 98.2. The van der Waals surface area contributed by atoms with E-state index in [1.54, 1.807) is 0 Å². The molecule has 0 radical (unpaired) electrons. The van der Waals surface area contributed by atoms with Crippen LogP contribution in [-0.4, -0.2) is 154 Å². The van der Waals surface area contributed by atoms with Gasteiger partial charge in [-0.05, 0) is 77.4 Å². The number of carboxylic acid groups (broad SMARTS) is 1. The Bertz CT molecular complexity index is 2130. The Hall–Kier alpha value is -3.76. The molecule has 1 rings (SSSR count). The first-order valence-corrected chi connectivity index (χ1v) is 42.7. The highest BCUT2D eigenvalue weighted by Gasteiger charge is 2.52. The van der Waals surface area contributed by atoms with Crippen LogP contribution in [-0.2, 0) is 71.1 Å². The molecule has 0 bridgehead atoms. The van der Waals surface area contributed by atoms with E-state index in [1.165, 1.54) is 64.6 Å². The van der Waals surface area contributed by atoms with Crippen LogP contribution in [0.25, 0.3) is 0 Å². The molecule has 102 heavy (non-hydrogen) atoms. The molecule has 0 aromatic rings. The van der Waals surface area contributed by atoms with Crippen LogP contribution in [0.1, 0.15) is 377 Å². The van der Waals surface area contributed by atoms with Crippen molar-refractivity contribution >= 4 is 49.5 Å². The zero-order valence-corrected chi connectivity index (χ0v) is 66.6. The Labute approximate surface area is 618 Å². The SMILES string of the molecule is CCCCCCCCCCC[C@H](CC(=O)N[C@H]1[C@@H](OC[C@H](NC(=O)C[C@@H](CCCCCCCCCCC)OC(=O)CCCCC)C(=O)O)O[C@H](CO)[C@@H](OP(=O)(O)O)[C@@H]1OC(=O)C[C@@H](CCCCCCCCCCC)OC(=O)CCCCCCCCC)OC(=O)CCCCC.CCN(CC)CC. The second-order valence-electron chi connectivity index (χ2n) is 28.3. The van der Waals surface area contributed by atoms with Crippen LogP contribution in [0.4, 0.5) is 0 Å². The Morgan fingerprint density at radius 1 is 0.431 bits per heavy atom. The number of ether oxygens (including phenoxy) is 6. The molecular weight excluding hydrogens is 1330 g/mol. The number of unbranched alkanes of at least 4 members (excludes halogenated alkanes) is 34. The molecule has 1 heterocycles. The molecule has 1 aliphatic heterocycles. The summed E-state index contributed by atoms with van der Waals surface area (Å²) in [5.74, 6) is -5.61. The third-order valence-electron chi connectivity index (χ3n) is 19.0. The number of aliphatic carboxylic acids is 1. The molecule has 22 nitrogen and oxygen atoms in total. The smallest absolute Gasteiger partial charge is 0.470 e. The fourth-order valence-corrected chi connectivity index (χ4v) is 13.3. The van der Waals surface area contributed by atoms with Gasteiger partial charge >= 0.3 is 37.7 Å². The van der Waals surface area contributed by atoms with Crippen LogP contribution in [0, 0.1) is 0 Å². The molecule has 6 N–H and O–H groups in total. The minimum Gasteiger partial charge on any atom is -0.480 e. The molecule has 1 fully saturated rings. The lowest BCUT2D eigenvalue weighted by molar-refractivity contribution is -0.272. The average Bonchev–Trinajstić information content (AvgIpc) is 0.781. The van der Waals surface area contributed by atoms with E-state index in [2.05, 4.69) is 64.0 Å². The fourth-order valence-electron chi connectivity index (χ4n) is 12.8. The van der Waals surface area contributed by atoms with Gasteiger partial charge in [-0.2, -0.15) is 0 Å². The lowest BCUT2D eigenvalue weighted by atomic mass is 9.95. The Morgan fingerprint density at radius 3 is 1.09 bits per heavy atom. The third-order valence-corrected chi connectivity index (χ3v) is 19.6. The van der Waals surface area contributed by atoms with Crippen molar-refractivity contribution in [3.63, 3.8) is 0 Å². The summed E-state index contributed by atoms with van der Waals surface area (Å²) in [6.45, 7) is 20.9. The lowest BCUT2D eigenvalue weighted by Gasteiger charge is -2.45. The Kier molecular flexibility index (Phi) is 64.2. The summed E-state index contributed by atoms with van der Waals surface area (Å²) in [5.41, 5.74) is 0. The summed E-state index contributed by atoms with van der Waals surface area (Å²) in [7, 11) is -5.55. The second kappa shape index (κ2) is 66.7. The first-order chi connectivity index (χ1) is 49.2. The van der Waals surface area contributed by atoms with Gasteiger partial charge in [0.2, 0.25) is 11.8 Å². The number of amides is 2. The number of rotatable bonds is 68. The Morgan fingerprint density at radius 2 is 0.755 bits per heavy atom. The standard InChI is InChI=1S/C73H135N2O19P.C6H15N/c1-7-13-19-23-27-30-34-37-43-47-58(89-65(79)50-41-17-11-5)53-63(77)74-61(72(83)84)57-88-73-69(75-64(78)54-59(90-66(80)51-42-18-12-6)48-44-38-35-31-28-24-20-14-8-2)71(70(62(56-76)92-73)94-95(85,86)87)93-68(82)55-60(49-45-39-36-32-29-25-21-15-9-3)91-67(81)52-46-40-33-26-22-16-10-4;1-4-7(5-2)6-3/h58-62,69-71,73,76H,7-57H2,1-6H3,(H,74,77)(H,75,78)(H,83,84)(H2,85,86,87);4-6H2,1-3H3/t58-,59-,60-,61+,62-,69-,70-,71-,73+;/m1./s1. The van der Waals surface area contributed by atoms with Gasteiger partial charge in [0.15, 0.2) is 18.4 Å². The van der Waals surface area contributed by atoms with Gasteiger partial charge in [0.1, 0.15) is 36.6 Å². The lowest BCUT2D eigenvalue weighted by Crippen LogP contribution is -2.66. The van der Waals surface area contributed by atoms with E-state index in [-0.39, 0.29) is 32.1 Å². The molecule has 1 aliphatic rings. The molecule has 0 saturated carbocycles. The van der Waals surface area contributed by atoms with E-state index >= 15 is 0 Å². The van der Waals surface area contributed by atoms with Crippen LogP contribution in [0.2, 0.25) is 0 Å². The number of phosphoric acid groups is 1. The van der Waals surface area contributed by atoms with Gasteiger partial charge in [-0.3, -0.25) is 33.3 Å². The average molecular weight is 1480 g/mol. The zero-order chi connectivity index (χ0) is 75.9. The van der Waals surface area contributed by atoms with Crippen LogP contribution in [0.3, 0.4) is 0 Å². The van der Waals surface area contributed by atoms with Crippen molar-refractivity contribution < 1.29 is 91.1 Å². The predicted molar refractivity (Wildman–Crippen MR) is 403 cm³/mol. The topological polar surface area (TPSA) is 309 Å². The Balaban J connectivity index is 0.0000138. The van der Waals surface area contributed by atoms with E-state index in [0.29, 0.717) is 51.4 Å². The minimum absolute atomic E-state index is 0.123. The van der Waals surface area contributed by atoms with Gasteiger partial charge in [0.25, 0.3) is 0 Å². The van der Waals surface area contributed by atoms with Crippen LogP contribution in [0.5, 0.6) is 0 Å². The third kappa shape index (κ3) is 54.8. The number of nitrogens with zero attached hydrogens (tertiary/aromatic N) is 1. The number of nitrogens with one attached hydrogen (secondary N) is 2. The van der Waals surface area contributed by atoms with Crippen molar-refractivity contribution in [3.05, 3.63) is 0 Å². The van der Waals surface area contributed by atoms with Crippen molar-refractivity contribution in [1.82, 2.24) is 15.5 Å². The molecule has 9 atom stereocenters. The summed E-state index contributed by atoms with van der Waals surface area (Å²) in [6.07, 6.45) is 28.7. The van der Waals surface area contributed by atoms with E-state index in [1.807, 2.05) is 13.8 Å². The molecule has 0 aliphatic carbocycles. The van der Waals surface area contributed by atoms with Crippen LogP contribution in [0.15, 0.2) is 0 Å². The van der Waals surface area contributed by atoms with E-state index in [9.17, 15) is 58.1 Å². The maximum atomic E-state index is 14.7. The summed E-state index contributed by atoms with van der Waals surface area (Å²) < 4.78 is 54.3. The van der Waals surface area contributed by atoms with E-state index < -0.39 is 131 Å². The van der Waals surface area contributed by atoms with Gasteiger partial charge < -0.3 is 64.0 Å². The van der Waals surface area contributed by atoms with Gasteiger partial charge in [0.05, 0.1) is 32.5 Å². The fraction of sp³-hybridized carbons (Fsp3) is 0.911. The van der Waals surface area contributed by atoms with Crippen LogP contribution >= 0.6 is 7.82 Å². The van der Waals surface area contributed by atoms with E-state index in [4.69, 9.17) is 32.9 Å². The first-order valence-electron chi connectivity index (χ1n) is 41.1. The van der Waals surface area contributed by atoms with Crippen molar-refractivity contribution in [1.29, 1.82) is 0 Å². The molecule has 0 unspecified atom stereocenters. The predicted octanol–water partition coefficient (Wildman–Crippen LogP) is 17.5. The summed E-state index contributed by atoms with van der Waals surface area (Å²) in [4.78, 5) is 119. The van der Waals surface area contributed by atoms with Crippen molar-refractivity contribution in [3.8, 4) is 0 Å². The molecule has 0 aromatic carbocycles. The molecule has 2 amide bonds. The normalized spacial score (nSPS) is 17.2. The summed E-state index contributed by atoms with van der Waals surface area (Å²) >= 11 is 0. The number of carbonyl (C=O) groups is 7.